The highest BCUT2D eigenvalue weighted by molar-refractivity contribution is 5.38. The molecule has 1 aliphatic carbocycles. The molecule has 0 saturated heterocycles. The van der Waals surface area contributed by atoms with E-state index in [-0.39, 0.29) is 0 Å². The fourth-order valence-electron chi connectivity index (χ4n) is 2.35. The molecule has 84 valence electrons. The Morgan fingerprint density at radius 2 is 2.12 bits per heavy atom. The second-order valence-corrected chi connectivity index (χ2v) is 4.10. The van der Waals surface area contributed by atoms with Gasteiger partial charge in [0.05, 0.1) is 12.4 Å². The Kier molecular flexibility index (Phi) is 3.35. The molecule has 0 spiro atoms. The van der Waals surface area contributed by atoms with Gasteiger partial charge < -0.3 is 4.90 Å². The predicted molar refractivity (Wildman–Crippen MR) is 62.0 cm³/mol. The summed E-state index contributed by atoms with van der Waals surface area (Å²) in [4.78, 5) is 10.7. The van der Waals surface area contributed by atoms with Crippen molar-refractivity contribution in [1.82, 2.24) is 9.97 Å². The first kappa shape index (κ1) is 10.9. The molecule has 16 heavy (non-hydrogen) atoms. The number of anilines is 1. The number of rotatable bonds is 3. The average Bonchev–Trinajstić information content (AvgIpc) is 2.85. The zero-order valence-electron chi connectivity index (χ0n) is 9.56. The fraction of sp³-hybridized carbons (Fsp3) is 0.583. The van der Waals surface area contributed by atoms with E-state index in [9.17, 15) is 0 Å². The minimum Gasteiger partial charge on any atom is -0.353 e. The summed E-state index contributed by atoms with van der Waals surface area (Å²) in [6.45, 7) is 3.09. The van der Waals surface area contributed by atoms with Crippen molar-refractivity contribution in [2.24, 2.45) is 0 Å². The molecule has 4 heteroatoms. The molecule has 0 unspecified atom stereocenters. The number of nitriles is 1. The maximum atomic E-state index is 8.67. The van der Waals surface area contributed by atoms with Gasteiger partial charge in [0.15, 0.2) is 5.69 Å². The van der Waals surface area contributed by atoms with Crippen LogP contribution >= 0.6 is 0 Å². The van der Waals surface area contributed by atoms with Crippen LogP contribution in [0.15, 0.2) is 12.4 Å². The van der Waals surface area contributed by atoms with Crippen LogP contribution in [-0.2, 0) is 0 Å². The van der Waals surface area contributed by atoms with Crippen molar-refractivity contribution in [2.75, 3.05) is 11.4 Å². The van der Waals surface area contributed by atoms with Crippen molar-refractivity contribution < 1.29 is 0 Å². The van der Waals surface area contributed by atoms with Crippen LogP contribution in [0.5, 0.6) is 0 Å². The average molecular weight is 216 g/mol. The van der Waals surface area contributed by atoms with Gasteiger partial charge in [-0.3, -0.25) is 0 Å². The molecular weight excluding hydrogens is 200 g/mol. The van der Waals surface area contributed by atoms with Crippen LogP contribution < -0.4 is 4.90 Å². The molecule has 1 aromatic rings. The van der Waals surface area contributed by atoms with Gasteiger partial charge in [-0.2, -0.15) is 5.26 Å². The maximum Gasteiger partial charge on any atom is 0.158 e. The van der Waals surface area contributed by atoms with Crippen LogP contribution in [0.4, 0.5) is 5.82 Å². The molecule has 4 nitrogen and oxygen atoms in total. The van der Waals surface area contributed by atoms with Gasteiger partial charge in [-0.25, -0.2) is 9.97 Å². The van der Waals surface area contributed by atoms with Gasteiger partial charge in [0.1, 0.15) is 11.9 Å². The maximum absolute atomic E-state index is 8.67. The summed E-state index contributed by atoms with van der Waals surface area (Å²) in [7, 11) is 0. The Morgan fingerprint density at radius 1 is 1.38 bits per heavy atom. The molecule has 1 heterocycles. The summed E-state index contributed by atoms with van der Waals surface area (Å²) in [6, 6.07) is 2.59. The van der Waals surface area contributed by atoms with E-state index in [1.807, 2.05) is 6.07 Å². The van der Waals surface area contributed by atoms with Gasteiger partial charge in [0.25, 0.3) is 0 Å². The summed E-state index contributed by atoms with van der Waals surface area (Å²) in [6.07, 6.45) is 8.37. The lowest BCUT2D eigenvalue weighted by atomic mass is 10.2. The third kappa shape index (κ3) is 2.13. The zero-order valence-corrected chi connectivity index (χ0v) is 9.56. The monoisotopic (exact) mass is 216 g/mol. The molecule has 0 radical (unpaired) electrons. The van der Waals surface area contributed by atoms with Gasteiger partial charge in [0, 0.05) is 12.6 Å². The smallest absolute Gasteiger partial charge is 0.158 e. The standard InChI is InChI=1S/C12H16N4/c1-2-16(11-5-3-4-6-11)12-9-14-10(7-13)8-15-12/h8-9,11H,2-6H2,1H3. The number of hydrogen-bond acceptors (Lipinski definition) is 4. The Balaban J connectivity index is 2.16. The van der Waals surface area contributed by atoms with Crippen LogP contribution in [-0.4, -0.2) is 22.6 Å². The molecule has 2 rings (SSSR count). The van der Waals surface area contributed by atoms with Crippen molar-refractivity contribution in [1.29, 1.82) is 5.26 Å². The lowest BCUT2D eigenvalue weighted by Crippen LogP contribution is -2.33. The summed E-state index contributed by atoms with van der Waals surface area (Å²) in [5, 5.41) is 8.67. The van der Waals surface area contributed by atoms with Crippen molar-refractivity contribution >= 4 is 5.82 Å². The van der Waals surface area contributed by atoms with Crippen LogP contribution in [0.1, 0.15) is 38.3 Å². The minimum atomic E-state index is 0.381. The molecule has 0 bridgehead atoms. The summed E-state index contributed by atoms with van der Waals surface area (Å²) in [5.41, 5.74) is 0.381. The number of hydrogen-bond donors (Lipinski definition) is 0. The topological polar surface area (TPSA) is 52.8 Å². The first-order chi connectivity index (χ1) is 7.85. The van der Waals surface area contributed by atoms with Crippen molar-refractivity contribution in [2.45, 2.75) is 38.6 Å². The molecule has 0 N–H and O–H groups in total. The van der Waals surface area contributed by atoms with Crippen molar-refractivity contribution in [3.05, 3.63) is 18.1 Å². The molecule has 0 aromatic carbocycles. The van der Waals surface area contributed by atoms with Crippen LogP contribution in [0.25, 0.3) is 0 Å². The Bertz CT molecular complexity index is 373. The molecular formula is C12H16N4. The normalized spacial score (nSPS) is 16.0. The van der Waals surface area contributed by atoms with Gasteiger partial charge in [0.2, 0.25) is 0 Å². The van der Waals surface area contributed by atoms with E-state index >= 15 is 0 Å². The Hall–Kier alpha value is -1.63. The van der Waals surface area contributed by atoms with E-state index in [0.29, 0.717) is 11.7 Å². The van der Waals surface area contributed by atoms with E-state index in [1.165, 1.54) is 25.7 Å². The second kappa shape index (κ2) is 4.93. The summed E-state index contributed by atoms with van der Waals surface area (Å²) < 4.78 is 0. The molecule has 1 fully saturated rings. The lowest BCUT2D eigenvalue weighted by Gasteiger charge is -2.28. The third-order valence-corrected chi connectivity index (χ3v) is 3.15. The molecule has 1 saturated carbocycles. The Morgan fingerprint density at radius 3 is 2.62 bits per heavy atom. The van der Waals surface area contributed by atoms with E-state index in [1.54, 1.807) is 12.4 Å². The van der Waals surface area contributed by atoms with E-state index in [4.69, 9.17) is 5.26 Å². The van der Waals surface area contributed by atoms with Gasteiger partial charge in [-0.1, -0.05) is 12.8 Å². The largest absolute Gasteiger partial charge is 0.353 e. The molecule has 0 atom stereocenters. The predicted octanol–water partition coefficient (Wildman–Crippen LogP) is 2.12. The van der Waals surface area contributed by atoms with Crippen LogP contribution in [0.2, 0.25) is 0 Å². The number of nitrogens with zero attached hydrogens (tertiary/aromatic N) is 4. The Labute approximate surface area is 95.9 Å². The molecule has 1 aliphatic rings. The second-order valence-electron chi connectivity index (χ2n) is 4.10. The minimum absolute atomic E-state index is 0.381. The number of aromatic nitrogens is 2. The summed E-state index contributed by atoms with van der Waals surface area (Å²) >= 11 is 0. The van der Waals surface area contributed by atoms with Crippen LogP contribution in [0.3, 0.4) is 0 Å². The SMILES string of the molecule is CCN(c1cnc(C#N)cn1)C1CCCC1. The molecule has 0 aliphatic heterocycles. The third-order valence-electron chi connectivity index (χ3n) is 3.15. The van der Waals surface area contributed by atoms with E-state index in [0.717, 1.165) is 12.4 Å². The highest BCUT2D eigenvalue weighted by Gasteiger charge is 2.22. The fourth-order valence-corrected chi connectivity index (χ4v) is 2.35. The summed E-state index contributed by atoms with van der Waals surface area (Å²) in [5.74, 6) is 0.897. The van der Waals surface area contributed by atoms with E-state index in [2.05, 4.69) is 21.8 Å². The highest BCUT2D eigenvalue weighted by atomic mass is 15.2. The quantitative estimate of drug-likeness (QED) is 0.776. The van der Waals surface area contributed by atoms with Crippen molar-refractivity contribution in [3.63, 3.8) is 0 Å². The van der Waals surface area contributed by atoms with Crippen molar-refractivity contribution in [3.8, 4) is 6.07 Å². The first-order valence-corrected chi connectivity index (χ1v) is 5.84. The van der Waals surface area contributed by atoms with Gasteiger partial charge in [-0.05, 0) is 19.8 Å². The first-order valence-electron chi connectivity index (χ1n) is 5.84. The molecule has 0 amide bonds. The lowest BCUT2D eigenvalue weighted by molar-refractivity contribution is 0.612. The zero-order chi connectivity index (χ0) is 11.4. The van der Waals surface area contributed by atoms with Crippen LogP contribution in [0, 0.1) is 11.3 Å². The van der Waals surface area contributed by atoms with Gasteiger partial charge in [-0.15, -0.1) is 0 Å². The molecule has 1 aromatic heterocycles. The highest BCUT2D eigenvalue weighted by Crippen LogP contribution is 2.26. The van der Waals surface area contributed by atoms with Gasteiger partial charge >= 0.3 is 0 Å². The van der Waals surface area contributed by atoms with E-state index < -0.39 is 0 Å².